The minimum Gasteiger partial charge on any atom is -0.494 e. The van der Waals surface area contributed by atoms with E-state index in [0.29, 0.717) is 12.6 Å². The Labute approximate surface area is 196 Å². The van der Waals surface area contributed by atoms with Crippen LogP contribution in [0.3, 0.4) is 0 Å². The molecule has 2 saturated heterocycles. The van der Waals surface area contributed by atoms with Crippen molar-refractivity contribution in [2.24, 2.45) is 0 Å². The fourth-order valence-corrected chi connectivity index (χ4v) is 5.35. The van der Waals surface area contributed by atoms with Gasteiger partial charge in [-0.05, 0) is 73.7 Å². The van der Waals surface area contributed by atoms with E-state index in [0.717, 1.165) is 87.5 Å². The van der Waals surface area contributed by atoms with Crippen LogP contribution in [0.15, 0.2) is 42.5 Å². The van der Waals surface area contributed by atoms with Gasteiger partial charge in [-0.25, -0.2) is 0 Å². The van der Waals surface area contributed by atoms with Crippen molar-refractivity contribution in [1.82, 2.24) is 4.90 Å². The number of nitrogens with zero attached hydrogens (tertiary/aromatic N) is 3. The summed E-state index contributed by atoms with van der Waals surface area (Å²) in [5.74, 6) is 0.929. The predicted octanol–water partition coefficient (Wildman–Crippen LogP) is 3.71. The van der Waals surface area contributed by atoms with Crippen molar-refractivity contribution in [2.45, 2.75) is 51.2 Å². The first kappa shape index (κ1) is 22.2. The Bertz CT molecular complexity index is 977. The molecule has 2 unspecified atom stereocenters. The van der Waals surface area contributed by atoms with Gasteiger partial charge in [0.2, 0.25) is 0 Å². The topological polar surface area (TPSA) is 56.3 Å². The Morgan fingerprint density at radius 1 is 1.00 bits per heavy atom. The number of likely N-dealkylation sites (tertiary alicyclic amines) is 1. The molecule has 0 aliphatic carbocycles. The summed E-state index contributed by atoms with van der Waals surface area (Å²) >= 11 is 0. The van der Waals surface area contributed by atoms with Crippen LogP contribution in [0.1, 0.15) is 48.5 Å². The molecule has 3 aliphatic heterocycles. The lowest BCUT2D eigenvalue weighted by molar-refractivity contribution is 0.0980. The van der Waals surface area contributed by atoms with Gasteiger partial charge in [-0.15, -0.1) is 0 Å². The summed E-state index contributed by atoms with van der Waals surface area (Å²) < 4.78 is 5.82. The number of aliphatic hydroxyl groups is 1. The van der Waals surface area contributed by atoms with Gasteiger partial charge in [-0.2, -0.15) is 0 Å². The van der Waals surface area contributed by atoms with Crippen molar-refractivity contribution < 1.29 is 14.6 Å². The van der Waals surface area contributed by atoms with Gasteiger partial charge in [0, 0.05) is 55.7 Å². The molecule has 0 saturated carbocycles. The Balaban J connectivity index is 1.22. The molecular weight excluding hydrogens is 414 g/mol. The lowest BCUT2D eigenvalue weighted by Gasteiger charge is -2.29. The fourth-order valence-electron chi connectivity index (χ4n) is 5.35. The van der Waals surface area contributed by atoms with E-state index in [-0.39, 0.29) is 12.0 Å². The summed E-state index contributed by atoms with van der Waals surface area (Å²) in [6.45, 7) is 7.41. The molecule has 0 aromatic heterocycles. The average Bonchev–Trinajstić information content (AvgIpc) is 3.49. The number of hydrogen-bond acceptors (Lipinski definition) is 5. The first-order valence-corrected chi connectivity index (χ1v) is 12.5. The first-order chi connectivity index (χ1) is 16.1. The van der Waals surface area contributed by atoms with Crippen LogP contribution < -0.4 is 14.5 Å². The molecule has 0 radical (unpaired) electrons. The van der Waals surface area contributed by atoms with E-state index < -0.39 is 0 Å². The minimum atomic E-state index is -0.161. The summed E-state index contributed by atoms with van der Waals surface area (Å²) in [4.78, 5) is 19.9. The molecule has 1 N–H and O–H groups in total. The molecular formula is C27H35N3O3. The number of carbonyl (C=O) groups excluding carboxylic acids is 1. The van der Waals surface area contributed by atoms with Crippen LogP contribution in [-0.4, -0.2) is 67.4 Å². The van der Waals surface area contributed by atoms with E-state index in [4.69, 9.17) is 4.74 Å². The van der Waals surface area contributed by atoms with Crippen molar-refractivity contribution >= 4 is 17.3 Å². The molecule has 1 amide bonds. The highest BCUT2D eigenvalue weighted by Gasteiger charge is 2.32. The van der Waals surface area contributed by atoms with Gasteiger partial charge in [-0.3, -0.25) is 9.69 Å². The summed E-state index contributed by atoms with van der Waals surface area (Å²) in [6, 6.07) is 14.8. The number of aliphatic hydroxyl groups excluding tert-OH is 1. The number of ether oxygens (including phenoxy) is 1. The van der Waals surface area contributed by atoms with E-state index in [1.165, 1.54) is 5.69 Å². The van der Waals surface area contributed by atoms with Crippen molar-refractivity contribution in [2.75, 3.05) is 49.1 Å². The zero-order valence-electron chi connectivity index (χ0n) is 19.6. The van der Waals surface area contributed by atoms with Crippen molar-refractivity contribution in [3.8, 4) is 5.75 Å². The first-order valence-electron chi connectivity index (χ1n) is 12.5. The molecule has 2 fully saturated rings. The third-order valence-electron chi connectivity index (χ3n) is 7.32. The predicted molar refractivity (Wildman–Crippen MR) is 131 cm³/mol. The second-order valence-electron chi connectivity index (χ2n) is 9.57. The van der Waals surface area contributed by atoms with Crippen LogP contribution in [0.2, 0.25) is 0 Å². The summed E-state index contributed by atoms with van der Waals surface area (Å²) in [5, 5.41) is 9.84. The van der Waals surface area contributed by atoms with Crippen LogP contribution in [0.5, 0.6) is 5.75 Å². The maximum absolute atomic E-state index is 13.2. The van der Waals surface area contributed by atoms with Crippen LogP contribution in [-0.2, 0) is 6.42 Å². The third-order valence-corrected chi connectivity index (χ3v) is 7.32. The van der Waals surface area contributed by atoms with Crippen LogP contribution in [0.4, 0.5) is 11.4 Å². The Morgan fingerprint density at radius 2 is 1.82 bits per heavy atom. The highest BCUT2D eigenvalue weighted by atomic mass is 16.5. The zero-order chi connectivity index (χ0) is 22.8. The number of anilines is 2. The zero-order valence-corrected chi connectivity index (χ0v) is 19.6. The lowest BCUT2D eigenvalue weighted by atomic mass is 9.98. The van der Waals surface area contributed by atoms with Gasteiger partial charge < -0.3 is 19.6 Å². The highest BCUT2D eigenvalue weighted by Crippen LogP contribution is 2.30. The van der Waals surface area contributed by atoms with E-state index in [2.05, 4.69) is 41.0 Å². The van der Waals surface area contributed by atoms with Gasteiger partial charge in [0.15, 0.2) is 0 Å². The molecule has 33 heavy (non-hydrogen) atoms. The second-order valence-corrected chi connectivity index (χ2v) is 9.57. The van der Waals surface area contributed by atoms with Gasteiger partial charge >= 0.3 is 0 Å². The maximum Gasteiger partial charge on any atom is 0.258 e. The number of β-amino-alcohol motifs (C(OH)–C–C–N with tert-alkyl or cyclic N) is 1. The molecule has 6 heteroatoms. The number of amides is 1. The van der Waals surface area contributed by atoms with Crippen LogP contribution in [0, 0.1) is 0 Å². The monoisotopic (exact) mass is 449 g/mol. The molecule has 2 aromatic carbocycles. The highest BCUT2D eigenvalue weighted by molar-refractivity contribution is 6.08. The van der Waals surface area contributed by atoms with Crippen LogP contribution >= 0.6 is 0 Å². The number of rotatable bonds is 7. The van der Waals surface area contributed by atoms with Gasteiger partial charge in [0.1, 0.15) is 5.75 Å². The van der Waals surface area contributed by atoms with E-state index in [1.807, 2.05) is 23.1 Å². The summed E-state index contributed by atoms with van der Waals surface area (Å²) in [7, 11) is 0. The Kier molecular flexibility index (Phi) is 6.56. The molecule has 0 bridgehead atoms. The van der Waals surface area contributed by atoms with Crippen LogP contribution in [0.25, 0.3) is 0 Å². The molecule has 3 heterocycles. The fraction of sp³-hybridized carbons (Fsp3) is 0.519. The van der Waals surface area contributed by atoms with Crippen molar-refractivity contribution in [1.29, 1.82) is 0 Å². The number of benzene rings is 2. The number of hydrogen-bond donors (Lipinski definition) is 1. The normalized spacial score (nSPS) is 23.3. The van der Waals surface area contributed by atoms with Gasteiger partial charge in [0.25, 0.3) is 5.91 Å². The Morgan fingerprint density at radius 3 is 2.58 bits per heavy atom. The average molecular weight is 450 g/mol. The third kappa shape index (κ3) is 4.73. The molecule has 0 spiro atoms. The summed E-state index contributed by atoms with van der Waals surface area (Å²) in [5.41, 5.74) is 4.02. The van der Waals surface area contributed by atoms with Gasteiger partial charge in [-0.1, -0.05) is 13.3 Å². The van der Waals surface area contributed by atoms with E-state index in [9.17, 15) is 9.90 Å². The standard InChI is InChI=1S/C27H35N3O3/c1-2-3-16-33-25-8-9-26-20(17-25)10-15-30(27(26)32)22-6-4-21(5-7-22)28-13-11-23(18-28)29-14-12-24(31)19-29/h4-9,17,23-24,31H,2-3,10-16,18-19H2,1H3. The molecule has 2 aromatic rings. The molecule has 2 atom stereocenters. The van der Waals surface area contributed by atoms with Crippen molar-refractivity contribution in [3.63, 3.8) is 0 Å². The Hall–Kier alpha value is -2.57. The number of carbonyl (C=O) groups is 1. The second kappa shape index (κ2) is 9.74. The molecule has 176 valence electrons. The van der Waals surface area contributed by atoms with E-state index >= 15 is 0 Å². The number of fused-ring (bicyclic) bond motifs is 1. The smallest absolute Gasteiger partial charge is 0.258 e. The number of unbranched alkanes of at least 4 members (excludes halogenated alkanes) is 1. The lowest BCUT2D eigenvalue weighted by Crippen LogP contribution is -2.37. The van der Waals surface area contributed by atoms with Crippen molar-refractivity contribution in [3.05, 3.63) is 53.6 Å². The van der Waals surface area contributed by atoms with E-state index in [1.54, 1.807) is 0 Å². The quantitative estimate of drug-likeness (QED) is 0.653. The molecule has 5 rings (SSSR count). The van der Waals surface area contributed by atoms with Gasteiger partial charge in [0.05, 0.1) is 12.7 Å². The molecule has 3 aliphatic rings. The molecule has 6 nitrogen and oxygen atoms in total. The maximum atomic E-state index is 13.2. The minimum absolute atomic E-state index is 0.0675. The SMILES string of the molecule is CCCCOc1ccc2c(c1)CCN(c1ccc(N3CCC(N4CCC(O)C4)C3)cc1)C2=O. The summed E-state index contributed by atoms with van der Waals surface area (Å²) in [6.07, 6.45) is 4.86. The largest absolute Gasteiger partial charge is 0.494 e.